The van der Waals surface area contributed by atoms with Gasteiger partial charge in [0.15, 0.2) is 38.0 Å². The monoisotopic (exact) mass is 1070 g/mol. The first-order valence-electron chi connectivity index (χ1n) is 20.8. The van der Waals surface area contributed by atoms with Crippen LogP contribution in [0, 0.1) is 0 Å². The van der Waals surface area contributed by atoms with Crippen LogP contribution in [0.5, 0.6) is 0 Å². The molecule has 0 amide bonds. The first kappa shape index (κ1) is 58.2. The van der Waals surface area contributed by atoms with Crippen LogP contribution in [0.25, 0.3) is 21.3 Å². The van der Waals surface area contributed by atoms with Crippen molar-refractivity contribution in [1.82, 2.24) is 24.8 Å². The number of halogens is 10. The third kappa shape index (κ3) is 16.2. The van der Waals surface area contributed by atoms with Gasteiger partial charge in [-0.25, -0.2) is 26.8 Å². The molecule has 378 valence electrons. The maximum atomic E-state index is 13.6. The average molecular weight is 1070 g/mol. The van der Waals surface area contributed by atoms with Gasteiger partial charge in [-0.15, -0.1) is 0 Å². The molecule has 4 aromatic rings. The topological polar surface area (TPSA) is 171 Å². The van der Waals surface area contributed by atoms with Crippen LogP contribution < -0.4 is 0 Å². The number of sulfone groups is 2. The van der Waals surface area contributed by atoms with Crippen LogP contribution in [-0.2, 0) is 57.7 Å². The van der Waals surface area contributed by atoms with Crippen LogP contribution in [-0.4, -0.2) is 98.6 Å². The van der Waals surface area contributed by atoms with E-state index in [4.69, 9.17) is 45.6 Å². The maximum absolute atomic E-state index is 13.6. The molecule has 1 N–H and O–H groups in total. The molecule has 68 heavy (non-hydrogen) atoms. The van der Waals surface area contributed by atoms with Gasteiger partial charge < -0.3 is 19.3 Å². The fourth-order valence-electron chi connectivity index (χ4n) is 6.55. The number of nitrogens with zero attached hydrogens (tertiary/aromatic N) is 5. The Morgan fingerprint density at radius 2 is 1.13 bits per heavy atom. The second kappa shape index (κ2) is 26.7. The normalized spacial score (nSPS) is 15.0. The summed E-state index contributed by atoms with van der Waals surface area (Å²) in [5.41, 5.74) is -3.78. The van der Waals surface area contributed by atoms with Gasteiger partial charge in [-0.3, -0.25) is 19.3 Å². The number of aliphatic hydroxyl groups is 1. The van der Waals surface area contributed by atoms with Gasteiger partial charge in [0.1, 0.15) is 27.3 Å². The van der Waals surface area contributed by atoms with E-state index in [1.807, 2.05) is 6.92 Å². The number of aromatic nitrogens is 4. The van der Waals surface area contributed by atoms with Crippen molar-refractivity contribution in [3.8, 4) is 0 Å². The minimum absolute atomic E-state index is 0.0330. The van der Waals surface area contributed by atoms with Crippen molar-refractivity contribution in [3.63, 3.8) is 0 Å². The summed E-state index contributed by atoms with van der Waals surface area (Å²) < 4.78 is 162. The summed E-state index contributed by atoms with van der Waals surface area (Å²) in [7, 11) is -9.51. The van der Waals surface area contributed by atoms with E-state index in [0.29, 0.717) is 30.8 Å². The van der Waals surface area contributed by atoms with Gasteiger partial charge in [0.2, 0.25) is 0 Å². The fraction of sp³-hybridized carbons (Fsp3) is 0.442. The molecule has 0 aliphatic carbocycles. The average Bonchev–Trinajstić information content (AvgIpc) is 3.23. The van der Waals surface area contributed by atoms with E-state index >= 15 is 0 Å². The molecular formula is C43H51Cl3F7N5O8S2. The number of ether oxygens (including phenoxy) is 3. The van der Waals surface area contributed by atoms with Gasteiger partial charge in [-0.05, 0) is 84.5 Å². The number of alkyl halides is 8. The van der Waals surface area contributed by atoms with Crippen LogP contribution in [0.4, 0.5) is 30.7 Å². The number of hydrogen-bond donors (Lipinski definition) is 1. The molecular weight excluding hydrogens is 1020 g/mol. The summed E-state index contributed by atoms with van der Waals surface area (Å²) in [6, 6.07) is 6.93. The zero-order chi connectivity index (χ0) is 52.5. The summed E-state index contributed by atoms with van der Waals surface area (Å²) >= 11 is 16.7. The smallest absolute Gasteiger partial charge is 0.417 e. The molecule has 0 fully saturated rings. The summed E-state index contributed by atoms with van der Waals surface area (Å²) in [5.74, 6) is -2.51. The number of fused-ring (bicyclic) bond motifs is 2. The van der Waals surface area contributed by atoms with Crippen molar-refractivity contribution >= 4 is 75.8 Å². The lowest BCUT2D eigenvalue weighted by molar-refractivity contribution is -0.138. The van der Waals surface area contributed by atoms with Crippen LogP contribution in [0.15, 0.2) is 61.2 Å². The lowest BCUT2D eigenvalue weighted by atomic mass is 10.0. The zero-order valence-electron chi connectivity index (χ0n) is 38.7. The second-order valence-electron chi connectivity index (χ2n) is 14.3. The van der Waals surface area contributed by atoms with E-state index < -0.39 is 88.5 Å². The molecule has 4 heterocycles. The molecule has 0 bridgehead atoms. The van der Waals surface area contributed by atoms with Gasteiger partial charge in [0.05, 0.1) is 42.5 Å². The lowest BCUT2D eigenvalue weighted by Gasteiger charge is -2.28. The third-order valence-electron chi connectivity index (χ3n) is 9.21. The zero-order valence-corrected chi connectivity index (χ0v) is 41.6. The van der Waals surface area contributed by atoms with Crippen molar-refractivity contribution in [2.75, 3.05) is 39.8 Å². The summed E-state index contributed by atoms with van der Waals surface area (Å²) in [6.45, 7) is 16.5. The van der Waals surface area contributed by atoms with E-state index in [0.717, 1.165) is 36.9 Å². The predicted octanol–water partition coefficient (Wildman–Crippen LogP) is 11.3. The Balaban J connectivity index is 0.000000358. The highest BCUT2D eigenvalue weighted by molar-refractivity contribution is 8.00. The van der Waals surface area contributed by atoms with E-state index in [1.54, 1.807) is 6.92 Å². The number of benzene rings is 2. The SMILES string of the molecule is CCN(C(C)C)C(C)C.CCOCCl.CCOCOC1=C(c2cc(Cl)ccc2C(F)(F)F)S(=O)(=O)Cc2nccnc21.O=S1(=O)Cc2nccnc2C(O)=C1c1cc(Cl)ccc1C(F)(F)F.[2H]CF. The third-order valence-corrected chi connectivity index (χ3v) is 13.2. The van der Waals surface area contributed by atoms with Crippen LogP contribution >= 0.6 is 34.8 Å². The molecule has 0 spiro atoms. The first-order valence-corrected chi connectivity index (χ1v) is 24.7. The fourth-order valence-corrected chi connectivity index (χ4v) is 10.3. The van der Waals surface area contributed by atoms with E-state index in [-0.39, 0.29) is 52.0 Å². The summed E-state index contributed by atoms with van der Waals surface area (Å²) in [5, 5.41) is 10.1. The molecule has 2 aromatic heterocycles. The standard InChI is InChI=1S/C17H14ClF3N2O4S.C14H8ClF3N2O3S.C8H19N.C3H7ClO.CH3F/c1-2-26-9-27-15-14-13(22-5-6-23-14)8-28(24,25)16(15)11-7-10(18)3-4-12(11)17(19,20)21;15-7-1-2-9(14(16,17)18)8(5-7)13-12(21)11-10(6-24(13,22)23)19-3-4-20-11;1-6-9(7(2)3)8(4)5;1-2-5-3-4;1-2/h3-7H,2,8-9H2,1H3;1-5,21H,6H2;7-8H,6H2,1-5H3;2-3H2,1H3;1H3/i;;;;1D. The second-order valence-corrected chi connectivity index (χ2v) is 19.3. The van der Waals surface area contributed by atoms with E-state index in [2.05, 4.69) is 64.2 Å². The number of hydrogen-bond acceptors (Lipinski definition) is 13. The molecule has 2 aromatic carbocycles. The van der Waals surface area contributed by atoms with Gasteiger partial charge >= 0.3 is 12.4 Å². The summed E-state index contributed by atoms with van der Waals surface area (Å²) in [6.07, 6.45) is -4.62. The van der Waals surface area contributed by atoms with Gasteiger partial charge in [-0.1, -0.05) is 41.7 Å². The molecule has 0 radical (unpaired) electrons. The van der Waals surface area contributed by atoms with Crippen molar-refractivity contribution in [2.45, 2.75) is 84.4 Å². The van der Waals surface area contributed by atoms with Crippen molar-refractivity contribution in [1.29, 1.82) is 0 Å². The van der Waals surface area contributed by atoms with Gasteiger partial charge in [0.25, 0.3) is 0 Å². The molecule has 0 unspecified atom stereocenters. The Morgan fingerprint density at radius 3 is 1.51 bits per heavy atom. The highest BCUT2D eigenvalue weighted by atomic mass is 35.5. The Kier molecular flexibility index (Phi) is 22.8. The van der Waals surface area contributed by atoms with Crippen molar-refractivity contribution in [2.24, 2.45) is 0 Å². The quantitative estimate of drug-likeness (QED) is 0.0652. The molecule has 0 atom stereocenters. The van der Waals surface area contributed by atoms with Crippen molar-refractivity contribution in [3.05, 3.63) is 116 Å². The minimum Gasteiger partial charge on any atom is -0.504 e. The van der Waals surface area contributed by atoms with E-state index in [9.17, 15) is 52.7 Å². The molecule has 0 saturated heterocycles. The largest absolute Gasteiger partial charge is 0.504 e. The highest BCUT2D eigenvalue weighted by Gasteiger charge is 2.43. The van der Waals surface area contributed by atoms with Crippen LogP contribution in [0.2, 0.25) is 10.0 Å². The van der Waals surface area contributed by atoms with Crippen molar-refractivity contribution < 1.29 is 68.3 Å². The Hall–Kier alpha value is -4.16. The van der Waals surface area contributed by atoms with Gasteiger partial charge in [0, 0.05) is 71.3 Å². The molecule has 25 heteroatoms. The molecule has 0 saturated carbocycles. The molecule has 2 aliphatic heterocycles. The Morgan fingerprint density at radius 1 is 0.721 bits per heavy atom. The van der Waals surface area contributed by atoms with E-state index in [1.165, 1.54) is 24.8 Å². The minimum atomic E-state index is -4.83. The Labute approximate surface area is 407 Å². The highest BCUT2D eigenvalue weighted by Crippen LogP contribution is 2.45. The van der Waals surface area contributed by atoms with Crippen LogP contribution in [0.3, 0.4) is 0 Å². The number of aliphatic hydroxyl groups excluding tert-OH is 1. The predicted molar refractivity (Wildman–Crippen MR) is 248 cm³/mol. The first-order chi connectivity index (χ1) is 32.2. The Bertz CT molecular complexity index is 2600. The molecule has 2 aliphatic rings. The molecule has 6 rings (SSSR count). The molecule has 13 nitrogen and oxygen atoms in total. The lowest BCUT2D eigenvalue weighted by Crippen LogP contribution is -2.36. The number of rotatable bonds is 11. The van der Waals surface area contributed by atoms with Crippen LogP contribution in [0.1, 0.15) is 94.9 Å². The van der Waals surface area contributed by atoms with Gasteiger partial charge in [-0.2, -0.15) is 26.3 Å². The maximum Gasteiger partial charge on any atom is 0.417 e. The summed E-state index contributed by atoms with van der Waals surface area (Å²) in [4.78, 5) is 16.6.